The third kappa shape index (κ3) is 3.79. The minimum Gasteiger partial charge on any atom is -0.475 e. The number of aromatic carboxylic acids is 1. The number of nitrogens with zero attached hydrogens (tertiary/aromatic N) is 2. The zero-order valence-electron chi connectivity index (χ0n) is 13.6. The van der Waals surface area contributed by atoms with Gasteiger partial charge in [0.2, 0.25) is 16.8 Å². The Labute approximate surface area is 153 Å². The van der Waals surface area contributed by atoms with Gasteiger partial charge in [-0.15, -0.1) is 11.3 Å². The van der Waals surface area contributed by atoms with Crippen LogP contribution in [0.1, 0.15) is 28.4 Å². The molecule has 1 unspecified atom stereocenters. The standard InChI is InChI=1S/C15H17N3O6S2/c19-14(17-6-5-12-16-7-9-25-12)10-2-1-8-18(10)26(22,23)13-4-3-11(24-13)15(20)21/h3-4,7,9-10H,1-2,5-6,8H2,(H,17,19)(H,20,21). The Kier molecular flexibility index (Phi) is 5.39. The van der Waals surface area contributed by atoms with E-state index in [0.717, 1.165) is 21.4 Å². The lowest BCUT2D eigenvalue weighted by Crippen LogP contribution is -2.46. The molecule has 3 heterocycles. The van der Waals surface area contributed by atoms with Crippen molar-refractivity contribution >= 4 is 33.2 Å². The van der Waals surface area contributed by atoms with Crippen LogP contribution < -0.4 is 5.32 Å². The monoisotopic (exact) mass is 399 g/mol. The number of nitrogens with one attached hydrogen (secondary N) is 1. The van der Waals surface area contributed by atoms with Crippen LogP contribution in [0.5, 0.6) is 0 Å². The first-order chi connectivity index (χ1) is 12.4. The highest BCUT2D eigenvalue weighted by atomic mass is 32.2. The number of carboxylic acid groups (broad SMARTS) is 1. The van der Waals surface area contributed by atoms with Crippen LogP contribution in [-0.4, -0.2) is 53.8 Å². The van der Waals surface area contributed by atoms with Gasteiger partial charge in [-0.3, -0.25) is 4.79 Å². The summed E-state index contributed by atoms with van der Waals surface area (Å²) in [7, 11) is -4.08. The summed E-state index contributed by atoms with van der Waals surface area (Å²) >= 11 is 1.48. The molecule has 1 atom stereocenters. The molecule has 26 heavy (non-hydrogen) atoms. The molecule has 1 saturated heterocycles. The lowest BCUT2D eigenvalue weighted by molar-refractivity contribution is -0.124. The predicted molar refractivity (Wildman–Crippen MR) is 91.4 cm³/mol. The van der Waals surface area contributed by atoms with Crippen molar-refractivity contribution in [1.82, 2.24) is 14.6 Å². The SMILES string of the molecule is O=C(O)c1ccc(S(=O)(=O)N2CCCC2C(=O)NCCc2nccs2)o1. The number of thiazole rings is 1. The number of amides is 1. The van der Waals surface area contributed by atoms with Crippen molar-refractivity contribution in [2.45, 2.75) is 30.4 Å². The Morgan fingerprint density at radius 3 is 2.88 bits per heavy atom. The van der Waals surface area contributed by atoms with E-state index in [2.05, 4.69) is 10.3 Å². The van der Waals surface area contributed by atoms with Gasteiger partial charge in [-0.1, -0.05) is 0 Å². The molecule has 1 aliphatic rings. The summed E-state index contributed by atoms with van der Waals surface area (Å²) in [6.07, 6.45) is 3.19. The second-order valence-electron chi connectivity index (χ2n) is 5.66. The van der Waals surface area contributed by atoms with Gasteiger partial charge in [0.25, 0.3) is 10.0 Å². The van der Waals surface area contributed by atoms with Crippen molar-refractivity contribution in [1.29, 1.82) is 0 Å². The van der Waals surface area contributed by atoms with E-state index < -0.39 is 32.9 Å². The lowest BCUT2D eigenvalue weighted by atomic mass is 10.2. The van der Waals surface area contributed by atoms with Crippen LogP contribution in [0.25, 0.3) is 0 Å². The summed E-state index contributed by atoms with van der Waals surface area (Å²) in [5.41, 5.74) is 0. The quantitative estimate of drug-likeness (QED) is 0.709. The van der Waals surface area contributed by atoms with E-state index in [1.807, 2.05) is 5.38 Å². The first kappa shape index (κ1) is 18.5. The van der Waals surface area contributed by atoms with E-state index >= 15 is 0 Å². The summed E-state index contributed by atoms with van der Waals surface area (Å²) in [4.78, 5) is 27.4. The Bertz CT molecular complexity index is 890. The Balaban J connectivity index is 1.67. The zero-order chi connectivity index (χ0) is 18.7. The fraction of sp³-hybridized carbons (Fsp3) is 0.400. The first-order valence-electron chi connectivity index (χ1n) is 7.90. The molecule has 2 aromatic heterocycles. The number of aromatic nitrogens is 1. The molecular formula is C15H17N3O6S2. The lowest BCUT2D eigenvalue weighted by Gasteiger charge is -2.22. The number of sulfonamides is 1. The predicted octanol–water partition coefficient (Wildman–Crippen LogP) is 0.946. The minimum absolute atomic E-state index is 0.177. The van der Waals surface area contributed by atoms with E-state index in [9.17, 15) is 18.0 Å². The molecule has 2 aromatic rings. The van der Waals surface area contributed by atoms with Crippen molar-refractivity contribution in [3.63, 3.8) is 0 Å². The number of furan rings is 1. The molecule has 0 spiro atoms. The maximum absolute atomic E-state index is 12.7. The molecule has 0 aliphatic carbocycles. The molecule has 0 radical (unpaired) electrons. The van der Waals surface area contributed by atoms with Gasteiger partial charge in [-0.05, 0) is 25.0 Å². The first-order valence-corrected chi connectivity index (χ1v) is 10.2. The summed E-state index contributed by atoms with van der Waals surface area (Å²) in [5.74, 6) is -2.20. The van der Waals surface area contributed by atoms with Gasteiger partial charge in [0.1, 0.15) is 6.04 Å². The number of carbonyl (C=O) groups is 2. The van der Waals surface area contributed by atoms with Gasteiger partial charge in [0, 0.05) is 31.1 Å². The Morgan fingerprint density at radius 2 is 2.23 bits per heavy atom. The van der Waals surface area contributed by atoms with E-state index in [1.54, 1.807) is 6.20 Å². The second-order valence-corrected chi connectivity index (χ2v) is 8.47. The maximum Gasteiger partial charge on any atom is 0.371 e. The third-order valence-electron chi connectivity index (χ3n) is 3.98. The molecule has 140 valence electrons. The van der Waals surface area contributed by atoms with Crippen LogP contribution in [0, 0.1) is 0 Å². The van der Waals surface area contributed by atoms with Crippen LogP contribution in [0.3, 0.4) is 0 Å². The molecule has 2 N–H and O–H groups in total. The van der Waals surface area contributed by atoms with Crippen LogP contribution in [-0.2, 0) is 21.2 Å². The summed E-state index contributed by atoms with van der Waals surface area (Å²) in [5, 5.41) is 13.9. The molecule has 1 fully saturated rings. The van der Waals surface area contributed by atoms with Crippen LogP contribution in [0.4, 0.5) is 0 Å². The highest BCUT2D eigenvalue weighted by Gasteiger charge is 2.41. The Hall–Kier alpha value is -2.24. The molecule has 3 rings (SSSR count). The van der Waals surface area contributed by atoms with Gasteiger partial charge in [0.15, 0.2) is 0 Å². The largest absolute Gasteiger partial charge is 0.475 e. The van der Waals surface area contributed by atoms with E-state index in [1.165, 1.54) is 11.3 Å². The average molecular weight is 399 g/mol. The van der Waals surface area contributed by atoms with Crippen LogP contribution >= 0.6 is 11.3 Å². The normalized spacial score (nSPS) is 18.1. The molecule has 1 aliphatic heterocycles. The molecular weight excluding hydrogens is 382 g/mol. The molecule has 11 heteroatoms. The Morgan fingerprint density at radius 1 is 1.42 bits per heavy atom. The van der Waals surface area contributed by atoms with Gasteiger partial charge >= 0.3 is 5.97 Å². The smallest absolute Gasteiger partial charge is 0.371 e. The van der Waals surface area contributed by atoms with E-state index in [0.29, 0.717) is 25.8 Å². The second kappa shape index (κ2) is 7.56. The highest BCUT2D eigenvalue weighted by molar-refractivity contribution is 7.89. The van der Waals surface area contributed by atoms with Gasteiger partial charge in [0.05, 0.1) is 5.01 Å². The number of hydrogen-bond donors (Lipinski definition) is 2. The molecule has 0 bridgehead atoms. The van der Waals surface area contributed by atoms with E-state index in [-0.39, 0.29) is 12.5 Å². The van der Waals surface area contributed by atoms with Crippen molar-refractivity contribution in [3.8, 4) is 0 Å². The van der Waals surface area contributed by atoms with Crippen molar-refractivity contribution in [3.05, 3.63) is 34.5 Å². The van der Waals surface area contributed by atoms with Crippen LogP contribution in [0.2, 0.25) is 0 Å². The topological polar surface area (TPSA) is 130 Å². The maximum atomic E-state index is 12.7. The number of hydrogen-bond acceptors (Lipinski definition) is 7. The van der Waals surface area contributed by atoms with Gasteiger partial charge in [-0.2, -0.15) is 4.31 Å². The van der Waals surface area contributed by atoms with E-state index in [4.69, 9.17) is 9.52 Å². The van der Waals surface area contributed by atoms with Gasteiger partial charge in [-0.25, -0.2) is 18.2 Å². The summed E-state index contributed by atoms with van der Waals surface area (Å²) in [6.45, 7) is 0.538. The fourth-order valence-electron chi connectivity index (χ4n) is 2.77. The molecule has 9 nitrogen and oxygen atoms in total. The van der Waals surface area contributed by atoms with Crippen molar-refractivity contribution in [2.24, 2.45) is 0 Å². The highest BCUT2D eigenvalue weighted by Crippen LogP contribution is 2.27. The summed E-state index contributed by atoms with van der Waals surface area (Å²) < 4.78 is 31.4. The van der Waals surface area contributed by atoms with Gasteiger partial charge < -0.3 is 14.8 Å². The average Bonchev–Trinajstić information content (AvgIpc) is 3.34. The molecule has 0 aromatic carbocycles. The number of rotatable bonds is 7. The molecule has 0 saturated carbocycles. The summed E-state index contributed by atoms with van der Waals surface area (Å²) in [6, 6.07) is 1.33. The zero-order valence-corrected chi connectivity index (χ0v) is 15.3. The number of carbonyl (C=O) groups excluding carboxylic acids is 1. The fourth-order valence-corrected chi connectivity index (χ4v) is 4.96. The van der Waals surface area contributed by atoms with Crippen LogP contribution in [0.15, 0.2) is 33.2 Å². The minimum atomic E-state index is -4.08. The van der Waals surface area contributed by atoms with Crippen molar-refractivity contribution < 1.29 is 27.5 Å². The number of carboxylic acids is 1. The third-order valence-corrected chi connectivity index (χ3v) is 6.60. The van der Waals surface area contributed by atoms with Crippen molar-refractivity contribution in [2.75, 3.05) is 13.1 Å². The molecule has 1 amide bonds.